The summed E-state index contributed by atoms with van der Waals surface area (Å²) in [6.45, 7) is 9.59. The highest BCUT2D eigenvalue weighted by atomic mass is 28.4. The summed E-state index contributed by atoms with van der Waals surface area (Å²) in [6, 6.07) is 0. The van der Waals surface area contributed by atoms with Gasteiger partial charge in [0.2, 0.25) is 5.91 Å². The molecule has 0 saturated heterocycles. The Morgan fingerprint density at radius 1 is 1.54 bits per heavy atom. The summed E-state index contributed by atoms with van der Waals surface area (Å²) in [6.07, 6.45) is 0.665. The van der Waals surface area contributed by atoms with Gasteiger partial charge in [0.15, 0.2) is 8.32 Å². The molecule has 4 heteroatoms. The molecule has 1 amide bonds. The van der Waals surface area contributed by atoms with Gasteiger partial charge in [0, 0.05) is 5.92 Å². The molecule has 3 nitrogen and oxygen atoms in total. The Morgan fingerprint density at radius 2 is 1.92 bits per heavy atom. The average molecular weight is 203 g/mol. The maximum absolute atomic E-state index is 10.9. The molecule has 0 unspecified atom stereocenters. The van der Waals surface area contributed by atoms with Crippen LogP contribution in [0.1, 0.15) is 27.2 Å². The fourth-order valence-electron chi connectivity index (χ4n) is 1.12. The van der Waals surface area contributed by atoms with E-state index in [2.05, 4.69) is 0 Å². The first-order chi connectivity index (χ1) is 5.58. The molecule has 0 aliphatic rings. The lowest BCUT2D eigenvalue weighted by Gasteiger charge is -2.36. The van der Waals surface area contributed by atoms with Crippen LogP contribution in [0.3, 0.4) is 0 Å². The Kier molecular flexibility index (Phi) is 3.69. The van der Waals surface area contributed by atoms with Crippen molar-refractivity contribution in [3.05, 3.63) is 0 Å². The van der Waals surface area contributed by atoms with Gasteiger partial charge in [-0.05, 0) is 24.6 Å². The van der Waals surface area contributed by atoms with Gasteiger partial charge in [-0.25, -0.2) is 0 Å². The largest absolute Gasteiger partial charge is 0.432 e. The molecule has 0 rings (SSSR count). The summed E-state index contributed by atoms with van der Waals surface area (Å²) in [5.41, 5.74) is 5.18. The topological polar surface area (TPSA) is 63.3 Å². The standard InChI is InChI=1S/C9H21NO2Si/c1-7(8(10)11)6-9(2,3)13(4,5)12/h7,12H,6H2,1-5H3,(H2,10,11)/t7-/m1/s1. The van der Waals surface area contributed by atoms with Crippen LogP contribution in [-0.4, -0.2) is 19.0 Å². The Balaban J connectivity index is 4.43. The molecule has 0 radical (unpaired) electrons. The van der Waals surface area contributed by atoms with Gasteiger partial charge in [-0.3, -0.25) is 4.79 Å². The van der Waals surface area contributed by atoms with E-state index in [9.17, 15) is 9.59 Å². The molecule has 0 aromatic carbocycles. The van der Waals surface area contributed by atoms with Crippen LogP contribution in [-0.2, 0) is 4.79 Å². The molecule has 0 fully saturated rings. The van der Waals surface area contributed by atoms with Gasteiger partial charge in [0.1, 0.15) is 0 Å². The molecule has 1 atom stereocenters. The van der Waals surface area contributed by atoms with Crippen molar-refractivity contribution in [3.8, 4) is 0 Å². The number of hydrogen-bond acceptors (Lipinski definition) is 2. The second-order valence-electron chi connectivity index (χ2n) is 4.95. The monoisotopic (exact) mass is 203 g/mol. The minimum absolute atomic E-state index is 0.158. The molecule has 0 spiro atoms. The minimum atomic E-state index is -2.20. The Hall–Kier alpha value is -0.353. The number of rotatable bonds is 4. The van der Waals surface area contributed by atoms with Gasteiger partial charge >= 0.3 is 0 Å². The van der Waals surface area contributed by atoms with E-state index >= 15 is 0 Å². The third kappa shape index (κ3) is 3.48. The molecule has 0 bridgehead atoms. The van der Waals surface area contributed by atoms with E-state index in [1.807, 2.05) is 33.9 Å². The Bertz CT molecular complexity index is 196. The van der Waals surface area contributed by atoms with Gasteiger partial charge in [-0.2, -0.15) is 0 Å². The van der Waals surface area contributed by atoms with Crippen molar-refractivity contribution < 1.29 is 9.59 Å². The molecule has 13 heavy (non-hydrogen) atoms. The van der Waals surface area contributed by atoms with E-state index in [1.54, 1.807) is 0 Å². The van der Waals surface area contributed by atoms with Crippen LogP contribution in [0.5, 0.6) is 0 Å². The fraction of sp³-hybridized carbons (Fsp3) is 0.889. The summed E-state index contributed by atoms with van der Waals surface area (Å²) in [5.74, 6) is -0.444. The summed E-state index contributed by atoms with van der Waals surface area (Å²) in [5, 5.41) is -0.165. The lowest BCUT2D eigenvalue weighted by Crippen LogP contribution is -2.41. The summed E-state index contributed by atoms with van der Waals surface area (Å²) < 4.78 is 0. The number of primary amides is 1. The zero-order valence-corrected chi connectivity index (χ0v) is 10.2. The van der Waals surface area contributed by atoms with Crippen molar-refractivity contribution in [2.45, 2.75) is 45.3 Å². The van der Waals surface area contributed by atoms with Crippen molar-refractivity contribution in [1.82, 2.24) is 0 Å². The first kappa shape index (κ1) is 12.6. The summed E-state index contributed by atoms with van der Waals surface area (Å²) in [7, 11) is -2.20. The molecule has 78 valence electrons. The minimum Gasteiger partial charge on any atom is -0.432 e. The van der Waals surface area contributed by atoms with Crippen LogP contribution >= 0.6 is 0 Å². The fourth-order valence-corrected chi connectivity index (χ4v) is 1.92. The molecule has 0 heterocycles. The van der Waals surface area contributed by atoms with E-state index in [4.69, 9.17) is 5.73 Å². The van der Waals surface area contributed by atoms with Crippen LogP contribution in [0, 0.1) is 5.92 Å². The number of carbonyl (C=O) groups is 1. The zero-order valence-electron chi connectivity index (χ0n) is 9.22. The molecular weight excluding hydrogens is 182 g/mol. The van der Waals surface area contributed by atoms with Crippen molar-refractivity contribution in [3.63, 3.8) is 0 Å². The third-order valence-corrected chi connectivity index (χ3v) is 6.47. The quantitative estimate of drug-likeness (QED) is 0.680. The molecule has 3 N–H and O–H groups in total. The predicted molar refractivity (Wildman–Crippen MR) is 56.7 cm³/mol. The van der Waals surface area contributed by atoms with Crippen LogP contribution in [0.15, 0.2) is 0 Å². The van der Waals surface area contributed by atoms with Crippen LogP contribution in [0.25, 0.3) is 0 Å². The van der Waals surface area contributed by atoms with Gasteiger partial charge in [0.05, 0.1) is 0 Å². The summed E-state index contributed by atoms with van der Waals surface area (Å²) in [4.78, 5) is 20.8. The SMILES string of the molecule is C[C@H](CC(C)(C)[Si](C)(C)O)C(N)=O. The lowest BCUT2D eigenvalue weighted by atomic mass is 9.97. The van der Waals surface area contributed by atoms with Crippen molar-refractivity contribution in [2.24, 2.45) is 11.7 Å². The van der Waals surface area contributed by atoms with Crippen molar-refractivity contribution in [1.29, 1.82) is 0 Å². The average Bonchev–Trinajstić information content (AvgIpc) is 1.83. The second-order valence-corrected chi connectivity index (χ2v) is 9.42. The smallest absolute Gasteiger partial charge is 0.220 e. The number of hydrogen-bond donors (Lipinski definition) is 2. The van der Waals surface area contributed by atoms with Gasteiger partial charge in [-0.1, -0.05) is 20.8 Å². The molecule has 0 aromatic heterocycles. The molecule has 0 aliphatic carbocycles. The molecular formula is C9H21NO2Si. The predicted octanol–water partition coefficient (Wildman–Crippen LogP) is 1.48. The summed E-state index contributed by atoms with van der Waals surface area (Å²) >= 11 is 0. The molecule has 0 saturated carbocycles. The van der Waals surface area contributed by atoms with Crippen LogP contribution in [0.4, 0.5) is 0 Å². The molecule has 0 aliphatic heterocycles. The van der Waals surface area contributed by atoms with E-state index in [0.717, 1.165) is 0 Å². The normalized spacial score (nSPS) is 15.5. The van der Waals surface area contributed by atoms with E-state index in [0.29, 0.717) is 6.42 Å². The van der Waals surface area contributed by atoms with Crippen LogP contribution < -0.4 is 5.73 Å². The van der Waals surface area contributed by atoms with Gasteiger partial charge in [0.25, 0.3) is 0 Å². The van der Waals surface area contributed by atoms with Crippen LogP contribution in [0.2, 0.25) is 18.1 Å². The molecule has 0 aromatic rings. The van der Waals surface area contributed by atoms with Crippen molar-refractivity contribution in [2.75, 3.05) is 0 Å². The first-order valence-electron chi connectivity index (χ1n) is 4.59. The first-order valence-corrected chi connectivity index (χ1v) is 7.54. The van der Waals surface area contributed by atoms with Gasteiger partial charge < -0.3 is 10.5 Å². The highest BCUT2D eigenvalue weighted by Gasteiger charge is 2.39. The highest BCUT2D eigenvalue weighted by Crippen LogP contribution is 2.41. The van der Waals surface area contributed by atoms with E-state index in [-0.39, 0.29) is 16.9 Å². The number of nitrogens with two attached hydrogens (primary N) is 1. The maximum atomic E-state index is 10.9. The third-order valence-electron chi connectivity index (χ3n) is 2.96. The van der Waals surface area contributed by atoms with E-state index < -0.39 is 8.32 Å². The Labute approximate surface area is 81.5 Å². The maximum Gasteiger partial charge on any atom is 0.220 e. The lowest BCUT2D eigenvalue weighted by molar-refractivity contribution is -0.121. The second kappa shape index (κ2) is 3.80. The van der Waals surface area contributed by atoms with Crippen molar-refractivity contribution >= 4 is 14.2 Å². The zero-order chi connectivity index (χ0) is 10.9. The van der Waals surface area contributed by atoms with Gasteiger partial charge in [-0.15, -0.1) is 0 Å². The highest BCUT2D eigenvalue weighted by molar-refractivity contribution is 6.72. The van der Waals surface area contributed by atoms with E-state index in [1.165, 1.54) is 0 Å². The number of amides is 1. The number of carbonyl (C=O) groups excluding carboxylic acids is 1. The Morgan fingerprint density at radius 3 is 2.15 bits per heavy atom.